The van der Waals surface area contributed by atoms with Crippen LogP contribution in [0.15, 0.2) is 60.9 Å². The van der Waals surface area contributed by atoms with Crippen LogP contribution in [0.4, 0.5) is 32.3 Å². The third-order valence-corrected chi connectivity index (χ3v) is 6.87. The number of aromatic nitrogens is 2. The molecule has 0 unspecified atom stereocenters. The second-order valence-electron chi connectivity index (χ2n) is 9.89. The fourth-order valence-electron chi connectivity index (χ4n) is 5.01. The van der Waals surface area contributed by atoms with Gasteiger partial charge in [-0.05, 0) is 55.0 Å². The minimum Gasteiger partial charge on any atom is -0.333 e. The Kier molecular flexibility index (Phi) is 8.35. The van der Waals surface area contributed by atoms with Gasteiger partial charge >= 0.3 is 12.4 Å². The Labute approximate surface area is 218 Å². The van der Waals surface area contributed by atoms with Crippen molar-refractivity contribution in [2.75, 3.05) is 4.90 Å². The van der Waals surface area contributed by atoms with Gasteiger partial charge in [-0.3, -0.25) is 0 Å². The average molecular weight is 534 g/mol. The molecule has 0 spiro atoms. The van der Waals surface area contributed by atoms with Crippen molar-refractivity contribution >= 4 is 19.3 Å². The van der Waals surface area contributed by atoms with Crippen molar-refractivity contribution in [1.29, 1.82) is 0 Å². The monoisotopic (exact) mass is 534 g/mol. The summed E-state index contributed by atoms with van der Waals surface area (Å²) >= 11 is 0. The molecule has 1 saturated heterocycles. The van der Waals surface area contributed by atoms with Gasteiger partial charge in [0.1, 0.15) is 7.85 Å². The molecule has 3 atom stereocenters. The van der Waals surface area contributed by atoms with Crippen molar-refractivity contribution in [3.63, 3.8) is 0 Å². The third kappa shape index (κ3) is 7.06. The lowest BCUT2D eigenvalue weighted by atomic mass is 9.88. The molecule has 2 heterocycles. The molecule has 1 aromatic heterocycles. The largest absolute Gasteiger partial charge is 0.416 e. The number of nitrogens with one attached hydrogen (secondary N) is 1. The zero-order chi connectivity index (χ0) is 27.5. The molecule has 1 aliphatic heterocycles. The van der Waals surface area contributed by atoms with Crippen LogP contribution in [0, 0.1) is 0 Å². The first-order valence-corrected chi connectivity index (χ1v) is 12.6. The van der Waals surface area contributed by atoms with Gasteiger partial charge in [-0.25, -0.2) is 9.97 Å². The summed E-state index contributed by atoms with van der Waals surface area (Å²) in [6.45, 7) is 1.87. The molecule has 3 aromatic rings. The molecule has 0 radical (unpaired) electrons. The molecule has 202 valence electrons. The van der Waals surface area contributed by atoms with E-state index in [-0.39, 0.29) is 42.2 Å². The number of piperidine rings is 1. The van der Waals surface area contributed by atoms with Crippen LogP contribution in [0.1, 0.15) is 48.4 Å². The standard InChI is InChI=1S/C27H29BF6N4/c1-2-22-12-24(13-23(37-22)10-17-6-4-3-5-7-17)38(25-35-14-21(28)15-36-25)16-18-8-19(26(29,30)31)11-20(9-18)27(32,33)34/h3-9,11,14-15,22-24,37H,2,10,12-13,16,28H2,1H3/t22-,23+,24+/m1/s1. The predicted molar refractivity (Wildman–Crippen MR) is 137 cm³/mol. The smallest absolute Gasteiger partial charge is 0.333 e. The van der Waals surface area contributed by atoms with Crippen molar-refractivity contribution in [2.45, 2.75) is 69.6 Å². The fraction of sp³-hybridized carbons (Fsp3) is 0.407. The van der Waals surface area contributed by atoms with E-state index in [0.717, 1.165) is 36.0 Å². The van der Waals surface area contributed by atoms with E-state index in [1.165, 1.54) is 0 Å². The highest BCUT2D eigenvalue weighted by atomic mass is 19.4. The highest BCUT2D eigenvalue weighted by molar-refractivity contribution is 6.31. The Bertz CT molecular complexity index is 1170. The van der Waals surface area contributed by atoms with Crippen molar-refractivity contribution in [3.8, 4) is 0 Å². The Hall–Kier alpha value is -3.08. The van der Waals surface area contributed by atoms with E-state index < -0.39 is 23.5 Å². The Morgan fingerprint density at radius 1 is 0.868 bits per heavy atom. The molecule has 0 bridgehead atoms. The molecule has 0 saturated carbocycles. The lowest BCUT2D eigenvalue weighted by Crippen LogP contribution is -2.53. The first-order chi connectivity index (χ1) is 17.9. The highest BCUT2D eigenvalue weighted by Gasteiger charge is 2.38. The Morgan fingerprint density at radius 3 is 2.00 bits per heavy atom. The molecular weight excluding hydrogens is 505 g/mol. The van der Waals surface area contributed by atoms with Crippen LogP contribution < -0.4 is 15.7 Å². The number of nitrogens with zero attached hydrogens (tertiary/aromatic N) is 3. The number of alkyl halides is 6. The van der Waals surface area contributed by atoms with Gasteiger partial charge in [-0.1, -0.05) is 42.7 Å². The molecule has 0 amide bonds. The maximum atomic E-state index is 13.5. The molecule has 4 nitrogen and oxygen atoms in total. The van der Waals surface area contributed by atoms with Crippen LogP contribution >= 0.6 is 0 Å². The highest BCUT2D eigenvalue weighted by Crippen LogP contribution is 2.37. The van der Waals surface area contributed by atoms with Gasteiger partial charge in [0.05, 0.1) is 11.1 Å². The summed E-state index contributed by atoms with van der Waals surface area (Å²) in [6, 6.07) is 11.7. The molecule has 38 heavy (non-hydrogen) atoms. The van der Waals surface area contributed by atoms with Crippen LogP contribution in [-0.4, -0.2) is 35.9 Å². The van der Waals surface area contributed by atoms with Gasteiger partial charge in [0.15, 0.2) is 0 Å². The van der Waals surface area contributed by atoms with Gasteiger partial charge in [-0.2, -0.15) is 26.3 Å². The van der Waals surface area contributed by atoms with Crippen LogP contribution in [0.5, 0.6) is 0 Å². The zero-order valence-corrected chi connectivity index (χ0v) is 21.2. The van der Waals surface area contributed by atoms with Crippen molar-refractivity contribution in [2.24, 2.45) is 0 Å². The zero-order valence-electron chi connectivity index (χ0n) is 21.2. The summed E-state index contributed by atoms with van der Waals surface area (Å²) in [6.07, 6.45) is -3.76. The summed E-state index contributed by atoms with van der Waals surface area (Å²) in [4.78, 5) is 10.6. The van der Waals surface area contributed by atoms with E-state index in [4.69, 9.17) is 0 Å². The van der Waals surface area contributed by atoms with E-state index in [9.17, 15) is 26.3 Å². The molecule has 2 aromatic carbocycles. The number of halogens is 6. The maximum absolute atomic E-state index is 13.5. The third-order valence-electron chi connectivity index (χ3n) is 6.87. The summed E-state index contributed by atoms with van der Waals surface area (Å²) in [5, 5.41) is 3.65. The van der Waals surface area contributed by atoms with Crippen LogP contribution in [-0.2, 0) is 25.3 Å². The summed E-state index contributed by atoms with van der Waals surface area (Å²) in [5.74, 6) is 0.279. The summed E-state index contributed by atoms with van der Waals surface area (Å²) < 4.78 is 81.2. The first kappa shape index (κ1) is 27.9. The Morgan fingerprint density at radius 2 is 1.45 bits per heavy atom. The fourth-order valence-corrected chi connectivity index (χ4v) is 5.01. The van der Waals surface area contributed by atoms with E-state index >= 15 is 0 Å². The predicted octanol–water partition coefficient (Wildman–Crippen LogP) is 4.92. The van der Waals surface area contributed by atoms with E-state index in [1.54, 1.807) is 17.3 Å². The molecule has 4 rings (SSSR count). The normalized spacial score (nSPS) is 20.3. The molecule has 1 N–H and O–H groups in total. The summed E-state index contributed by atoms with van der Waals surface area (Å²) in [5.41, 5.74) is -0.809. The molecular formula is C27H29BF6N4. The number of anilines is 1. The van der Waals surface area contributed by atoms with Crippen molar-refractivity contribution in [3.05, 3.63) is 83.2 Å². The van der Waals surface area contributed by atoms with Crippen LogP contribution in [0.2, 0.25) is 0 Å². The van der Waals surface area contributed by atoms with Gasteiger partial charge in [0.25, 0.3) is 0 Å². The SMILES string of the molecule is Bc1cnc(N(Cc2cc(C(F)(F)F)cc(C(F)(F)F)c2)[C@H]2C[C@@H](CC)N[C@@H](Cc3ccccc3)C2)nc1. The van der Waals surface area contributed by atoms with Gasteiger partial charge < -0.3 is 10.2 Å². The first-order valence-electron chi connectivity index (χ1n) is 12.6. The Balaban J connectivity index is 1.71. The molecule has 0 aliphatic carbocycles. The molecule has 1 fully saturated rings. The topological polar surface area (TPSA) is 41.1 Å². The van der Waals surface area contributed by atoms with Gasteiger partial charge in [0.2, 0.25) is 5.95 Å². The van der Waals surface area contributed by atoms with Crippen molar-refractivity contribution in [1.82, 2.24) is 15.3 Å². The molecule has 1 aliphatic rings. The van der Waals surface area contributed by atoms with E-state index in [2.05, 4.69) is 22.2 Å². The van der Waals surface area contributed by atoms with Crippen LogP contribution in [0.25, 0.3) is 0 Å². The number of hydrogen-bond acceptors (Lipinski definition) is 4. The van der Waals surface area contributed by atoms with E-state index in [0.29, 0.717) is 12.8 Å². The second-order valence-corrected chi connectivity index (χ2v) is 9.89. The van der Waals surface area contributed by atoms with Gasteiger partial charge in [0, 0.05) is 37.1 Å². The lowest BCUT2D eigenvalue weighted by molar-refractivity contribution is -0.143. The second kappa shape index (κ2) is 11.3. The van der Waals surface area contributed by atoms with Gasteiger partial charge in [-0.15, -0.1) is 0 Å². The number of benzene rings is 2. The van der Waals surface area contributed by atoms with E-state index in [1.807, 2.05) is 38.2 Å². The average Bonchev–Trinajstić information content (AvgIpc) is 2.87. The quantitative estimate of drug-likeness (QED) is 0.345. The molecule has 11 heteroatoms. The lowest BCUT2D eigenvalue weighted by Gasteiger charge is -2.42. The minimum atomic E-state index is -4.91. The maximum Gasteiger partial charge on any atom is 0.416 e. The minimum absolute atomic E-state index is 0.0706. The van der Waals surface area contributed by atoms with Crippen LogP contribution in [0.3, 0.4) is 0 Å². The van der Waals surface area contributed by atoms with Crippen molar-refractivity contribution < 1.29 is 26.3 Å². The number of hydrogen-bond donors (Lipinski definition) is 1. The number of rotatable bonds is 7. The summed E-state index contributed by atoms with van der Waals surface area (Å²) in [7, 11) is 1.81.